The number of oxazole rings is 1. The van der Waals surface area contributed by atoms with Gasteiger partial charge in [-0.25, -0.2) is 14.6 Å². The molecule has 0 radical (unpaired) electrons. The maximum atomic E-state index is 13.1. The highest BCUT2D eigenvalue weighted by atomic mass is 35.5. The van der Waals surface area contributed by atoms with Crippen LogP contribution in [0.5, 0.6) is 0 Å². The molecule has 2 N–H and O–H groups in total. The van der Waals surface area contributed by atoms with Gasteiger partial charge in [0.25, 0.3) is 5.91 Å². The Bertz CT molecular complexity index is 972. The van der Waals surface area contributed by atoms with Crippen molar-refractivity contribution in [1.82, 2.24) is 29.6 Å². The zero-order valence-electron chi connectivity index (χ0n) is 16.4. The van der Waals surface area contributed by atoms with Crippen LogP contribution < -0.4 is 5.73 Å². The molecule has 0 saturated heterocycles. The molecule has 3 aromatic heterocycles. The van der Waals surface area contributed by atoms with Crippen LogP contribution in [0.25, 0.3) is 11.4 Å². The van der Waals surface area contributed by atoms with Crippen molar-refractivity contribution in [1.29, 1.82) is 0 Å². The zero-order valence-corrected chi connectivity index (χ0v) is 17.2. The minimum Gasteiger partial charge on any atom is -0.447 e. The predicted molar refractivity (Wildman–Crippen MR) is 108 cm³/mol. The largest absolute Gasteiger partial charge is 0.447 e. The third-order valence-electron chi connectivity index (χ3n) is 5.16. The number of aromatic nitrogens is 5. The standard InChI is InChI=1S/C19H23N7O2.ClH/c1-3-12(2)16-18-23-17(13-5-4-6-21-10-13)24-26(18)8-7-25(16)19(27)14-11-28-15(9-20)22-14;/h4-6,10-12,16H,3,7-9,20H2,1-2H3;1H/t12-,16-;/m0./s1. The lowest BCUT2D eigenvalue weighted by Gasteiger charge is -2.37. The summed E-state index contributed by atoms with van der Waals surface area (Å²) in [6.07, 6.45) is 5.73. The fourth-order valence-corrected chi connectivity index (χ4v) is 3.50. The highest BCUT2D eigenvalue weighted by Crippen LogP contribution is 2.34. The Balaban J connectivity index is 0.00000240. The first-order chi connectivity index (χ1) is 13.6. The van der Waals surface area contributed by atoms with Crippen LogP contribution in [-0.4, -0.2) is 42.1 Å². The molecule has 4 heterocycles. The number of pyridine rings is 1. The second-order valence-electron chi connectivity index (χ2n) is 6.92. The molecule has 4 rings (SSSR count). The van der Waals surface area contributed by atoms with Gasteiger partial charge < -0.3 is 15.1 Å². The Labute approximate surface area is 174 Å². The average molecular weight is 418 g/mol. The van der Waals surface area contributed by atoms with E-state index in [4.69, 9.17) is 15.1 Å². The van der Waals surface area contributed by atoms with Crippen molar-refractivity contribution in [3.63, 3.8) is 0 Å². The smallest absolute Gasteiger partial charge is 0.276 e. The summed E-state index contributed by atoms with van der Waals surface area (Å²) in [5.41, 5.74) is 6.68. The van der Waals surface area contributed by atoms with Crippen molar-refractivity contribution in [3.05, 3.63) is 48.2 Å². The number of fused-ring (bicyclic) bond motifs is 1. The SMILES string of the molecule is CC[C@H](C)[C@H]1c2nc(-c3cccnc3)nn2CCN1C(=O)c1coc(CN)n1.Cl. The van der Waals surface area contributed by atoms with Crippen molar-refractivity contribution in [3.8, 4) is 11.4 Å². The maximum absolute atomic E-state index is 13.1. The van der Waals surface area contributed by atoms with Gasteiger partial charge in [-0.15, -0.1) is 12.4 Å². The van der Waals surface area contributed by atoms with Gasteiger partial charge in [-0.2, -0.15) is 5.10 Å². The van der Waals surface area contributed by atoms with Crippen LogP contribution in [-0.2, 0) is 13.1 Å². The number of hydrogen-bond acceptors (Lipinski definition) is 7. The Morgan fingerprint density at radius 1 is 1.38 bits per heavy atom. The van der Waals surface area contributed by atoms with Crippen LogP contribution in [0.3, 0.4) is 0 Å². The summed E-state index contributed by atoms with van der Waals surface area (Å²) >= 11 is 0. The van der Waals surface area contributed by atoms with E-state index in [1.165, 1.54) is 6.26 Å². The number of carbonyl (C=O) groups excluding carboxylic acids is 1. The Hall–Kier alpha value is -2.78. The molecular formula is C19H24ClN7O2. The summed E-state index contributed by atoms with van der Waals surface area (Å²) in [6, 6.07) is 3.60. The van der Waals surface area contributed by atoms with Crippen LogP contribution in [0.15, 0.2) is 35.2 Å². The van der Waals surface area contributed by atoms with E-state index >= 15 is 0 Å². The van der Waals surface area contributed by atoms with Crippen molar-refractivity contribution in [2.24, 2.45) is 11.7 Å². The van der Waals surface area contributed by atoms with Crippen LogP contribution >= 0.6 is 12.4 Å². The van der Waals surface area contributed by atoms with E-state index in [1.54, 1.807) is 12.4 Å². The third-order valence-corrected chi connectivity index (χ3v) is 5.16. The fraction of sp³-hybridized carbons (Fsp3) is 0.421. The van der Waals surface area contributed by atoms with E-state index in [0.717, 1.165) is 17.8 Å². The molecule has 2 atom stereocenters. The van der Waals surface area contributed by atoms with E-state index in [9.17, 15) is 4.79 Å². The summed E-state index contributed by atoms with van der Waals surface area (Å²) in [4.78, 5) is 28.1. The molecule has 0 saturated carbocycles. The second-order valence-corrected chi connectivity index (χ2v) is 6.92. The number of halogens is 1. The minimum absolute atomic E-state index is 0. The molecule has 0 aliphatic carbocycles. The summed E-state index contributed by atoms with van der Waals surface area (Å²) in [6.45, 7) is 5.48. The van der Waals surface area contributed by atoms with Gasteiger partial charge in [-0.05, 0) is 18.1 Å². The molecular weight excluding hydrogens is 394 g/mol. The van der Waals surface area contributed by atoms with Gasteiger partial charge in [0.15, 0.2) is 17.3 Å². The average Bonchev–Trinajstić information content (AvgIpc) is 3.39. The van der Waals surface area contributed by atoms with Crippen molar-refractivity contribution < 1.29 is 9.21 Å². The predicted octanol–water partition coefficient (Wildman–Crippen LogP) is 2.45. The van der Waals surface area contributed by atoms with Crippen molar-refractivity contribution in [2.75, 3.05) is 6.54 Å². The molecule has 154 valence electrons. The second kappa shape index (κ2) is 8.71. The molecule has 0 spiro atoms. The topological polar surface area (TPSA) is 116 Å². The van der Waals surface area contributed by atoms with Gasteiger partial charge in [0.05, 0.1) is 19.1 Å². The lowest BCUT2D eigenvalue weighted by Crippen LogP contribution is -2.45. The van der Waals surface area contributed by atoms with E-state index in [0.29, 0.717) is 24.8 Å². The highest BCUT2D eigenvalue weighted by molar-refractivity contribution is 5.92. The summed E-state index contributed by atoms with van der Waals surface area (Å²) in [5.74, 6) is 1.79. The molecule has 9 nitrogen and oxygen atoms in total. The number of nitrogens with two attached hydrogens (primary N) is 1. The lowest BCUT2D eigenvalue weighted by molar-refractivity contribution is 0.0512. The maximum Gasteiger partial charge on any atom is 0.276 e. The monoisotopic (exact) mass is 417 g/mol. The number of amides is 1. The molecule has 3 aromatic rings. The molecule has 1 aliphatic heterocycles. The van der Waals surface area contributed by atoms with Gasteiger partial charge in [0, 0.05) is 24.5 Å². The van der Waals surface area contributed by atoms with Crippen LogP contribution in [0.2, 0.25) is 0 Å². The number of carbonyl (C=O) groups is 1. The van der Waals surface area contributed by atoms with Crippen LogP contribution in [0.4, 0.5) is 0 Å². The first kappa shape index (κ1) is 20.9. The summed E-state index contributed by atoms with van der Waals surface area (Å²) in [7, 11) is 0. The van der Waals surface area contributed by atoms with E-state index in [-0.39, 0.29) is 42.5 Å². The van der Waals surface area contributed by atoms with Gasteiger partial charge in [-0.3, -0.25) is 9.78 Å². The van der Waals surface area contributed by atoms with Crippen LogP contribution in [0.1, 0.15) is 48.5 Å². The number of hydrogen-bond donors (Lipinski definition) is 1. The number of rotatable bonds is 5. The summed E-state index contributed by atoms with van der Waals surface area (Å²) in [5, 5.41) is 4.65. The van der Waals surface area contributed by atoms with Gasteiger partial charge in [0.2, 0.25) is 5.89 Å². The van der Waals surface area contributed by atoms with E-state index in [2.05, 4.69) is 28.9 Å². The van der Waals surface area contributed by atoms with E-state index < -0.39 is 0 Å². The lowest BCUT2D eigenvalue weighted by atomic mass is 9.95. The van der Waals surface area contributed by atoms with Gasteiger partial charge in [-0.1, -0.05) is 20.3 Å². The summed E-state index contributed by atoms with van der Waals surface area (Å²) < 4.78 is 7.16. The molecule has 0 fully saturated rings. The molecule has 0 bridgehead atoms. The molecule has 1 aliphatic rings. The molecule has 10 heteroatoms. The molecule has 1 amide bonds. The van der Waals surface area contributed by atoms with Gasteiger partial charge >= 0.3 is 0 Å². The molecule has 0 aromatic carbocycles. The Morgan fingerprint density at radius 3 is 2.86 bits per heavy atom. The van der Waals surface area contributed by atoms with Crippen molar-refractivity contribution in [2.45, 2.75) is 39.4 Å². The van der Waals surface area contributed by atoms with Crippen LogP contribution in [0, 0.1) is 5.92 Å². The highest BCUT2D eigenvalue weighted by Gasteiger charge is 2.38. The normalized spacial score (nSPS) is 16.8. The van der Waals surface area contributed by atoms with E-state index in [1.807, 2.05) is 21.7 Å². The molecule has 0 unspecified atom stereocenters. The minimum atomic E-state index is -0.192. The zero-order chi connectivity index (χ0) is 19.7. The Morgan fingerprint density at radius 2 is 2.21 bits per heavy atom. The van der Waals surface area contributed by atoms with Gasteiger partial charge in [0.1, 0.15) is 6.26 Å². The first-order valence-electron chi connectivity index (χ1n) is 9.43. The molecule has 29 heavy (non-hydrogen) atoms. The third kappa shape index (κ3) is 3.88. The van der Waals surface area contributed by atoms with Crippen molar-refractivity contribution >= 4 is 18.3 Å². The number of nitrogens with zero attached hydrogens (tertiary/aromatic N) is 6. The quantitative estimate of drug-likeness (QED) is 0.677. The Kier molecular flexibility index (Phi) is 6.29. The fourth-order valence-electron chi connectivity index (χ4n) is 3.50. The first-order valence-corrected chi connectivity index (χ1v) is 9.43.